The van der Waals surface area contributed by atoms with Crippen molar-refractivity contribution in [2.24, 2.45) is 0 Å². The van der Waals surface area contributed by atoms with Crippen LogP contribution in [-0.4, -0.2) is 42.4 Å². The van der Waals surface area contributed by atoms with Gasteiger partial charge in [0.1, 0.15) is 5.60 Å². The summed E-state index contributed by atoms with van der Waals surface area (Å²) >= 11 is 0. The molecule has 0 saturated heterocycles. The lowest BCUT2D eigenvalue weighted by molar-refractivity contribution is -0.117. The largest absolute Gasteiger partial charge is 0.447 e. The number of hydrogen-bond donors (Lipinski definition) is 2. The van der Waals surface area contributed by atoms with E-state index < -0.39 is 17.8 Å². The van der Waals surface area contributed by atoms with Gasteiger partial charge in [0.05, 0.1) is 12.1 Å². The second-order valence-corrected chi connectivity index (χ2v) is 10.8. The molecule has 0 aromatic heterocycles. The molecular formula is C29H39N3O5. The number of benzene rings is 2. The lowest BCUT2D eigenvalue weighted by atomic mass is 9.89. The Morgan fingerprint density at radius 1 is 1.03 bits per heavy atom. The van der Waals surface area contributed by atoms with E-state index in [1.165, 1.54) is 0 Å². The van der Waals surface area contributed by atoms with Crippen LogP contribution in [0.25, 0.3) is 11.1 Å². The minimum absolute atomic E-state index is 0.0333. The van der Waals surface area contributed by atoms with Crippen LogP contribution < -0.4 is 15.5 Å². The number of anilines is 1. The highest BCUT2D eigenvalue weighted by Gasteiger charge is 2.33. The molecule has 2 N–H and O–H groups in total. The number of ether oxygens (including phenoxy) is 2. The van der Waals surface area contributed by atoms with Gasteiger partial charge in [0.2, 0.25) is 5.91 Å². The first kappa shape index (κ1) is 28.0. The second kappa shape index (κ2) is 11.7. The van der Waals surface area contributed by atoms with Crippen LogP contribution in [0.5, 0.6) is 0 Å². The normalized spacial score (nSPS) is 17.1. The molecule has 0 saturated carbocycles. The zero-order chi connectivity index (χ0) is 27.3. The van der Waals surface area contributed by atoms with E-state index in [-0.39, 0.29) is 24.1 Å². The zero-order valence-electron chi connectivity index (χ0n) is 22.9. The number of fused-ring (bicyclic) bond motifs is 1. The van der Waals surface area contributed by atoms with Gasteiger partial charge in [0.25, 0.3) is 0 Å². The highest BCUT2D eigenvalue weighted by molar-refractivity contribution is 5.94. The molecule has 200 valence electrons. The monoisotopic (exact) mass is 509 g/mol. The number of nitrogens with one attached hydrogen (secondary N) is 2. The topological polar surface area (TPSA) is 97.0 Å². The SMILES string of the molecule is CC(=O)N1c2ccc(-c3ccc(CCNC(=O)OC(C)(C)C)cc3)cc2[C@H](NC(=O)OC(C)C)C[C@@H]1C. The molecule has 1 aliphatic rings. The number of hydrogen-bond acceptors (Lipinski definition) is 5. The van der Waals surface area contributed by atoms with Crippen LogP contribution in [0.2, 0.25) is 0 Å². The molecule has 2 atom stereocenters. The van der Waals surface area contributed by atoms with E-state index in [0.717, 1.165) is 27.9 Å². The molecule has 3 amide bonds. The van der Waals surface area contributed by atoms with E-state index in [1.54, 1.807) is 11.8 Å². The molecule has 1 heterocycles. The quantitative estimate of drug-likeness (QED) is 0.517. The minimum Gasteiger partial charge on any atom is -0.447 e. The molecule has 0 fully saturated rings. The Kier molecular flexibility index (Phi) is 8.84. The zero-order valence-corrected chi connectivity index (χ0v) is 22.9. The van der Waals surface area contributed by atoms with Gasteiger partial charge in [0.15, 0.2) is 0 Å². The molecule has 0 spiro atoms. The molecule has 3 rings (SSSR count). The minimum atomic E-state index is -0.524. The molecule has 0 aliphatic carbocycles. The number of carbonyl (C=O) groups is 3. The average molecular weight is 510 g/mol. The van der Waals surface area contributed by atoms with Crippen molar-refractivity contribution >= 4 is 23.8 Å². The van der Waals surface area contributed by atoms with Crippen LogP contribution in [-0.2, 0) is 20.7 Å². The van der Waals surface area contributed by atoms with Gasteiger partial charge in [-0.25, -0.2) is 9.59 Å². The predicted molar refractivity (Wildman–Crippen MR) is 145 cm³/mol. The average Bonchev–Trinajstić information content (AvgIpc) is 2.77. The maximum absolute atomic E-state index is 12.4. The molecule has 37 heavy (non-hydrogen) atoms. The molecule has 8 nitrogen and oxygen atoms in total. The van der Waals surface area contributed by atoms with E-state index in [4.69, 9.17) is 9.47 Å². The van der Waals surface area contributed by atoms with E-state index in [9.17, 15) is 14.4 Å². The van der Waals surface area contributed by atoms with Crippen LogP contribution in [0.3, 0.4) is 0 Å². The lowest BCUT2D eigenvalue weighted by Crippen LogP contribution is -2.45. The molecule has 0 unspecified atom stereocenters. The summed E-state index contributed by atoms with van der Waals surface area (Å²) in [6.07, 6.45) is 0.154. The fraction of sp³-hybridized carbons (Fsp3) is 0.483. The smallest absolute Gasteiger partial charge is 0.407 e. The number of rotatable bonds is 6. The summed E-state index contributed by atoms with van der Waals surface area (Å²) in [5.41, 5.74) is 4.25. The first-order valence-electron chi connectivity index (χ1n) is 12.8. The van der Waals surface area contributed by atoms with Crippen LogP contribution in [0.15, 0.2) is 42.5 Å². The van der Waals surface area contributed by atoms with E-state index >= 15 is 0 Å². The summed E-state index contributed by atoms with van der Waals surface area (Å²) in [5.74, 6) is -0.0333. The molecule has 0 bridgehead atoms. The Morgan fingerprint density at radius 3 is 2.27 bits per heavy atom. The van der Waals surface area contributed by atoms with Crippen molar-refractivity contribution in [1.82, 2.24) is 10.6 Å². The number of amides is 3. The summed E-state index contributed by atoms with van der Waals surface area (Å²) < 4.78 is 10.6. The Bertz CT molecular complexity index is 1120. The van der Waals surface area contributed by atoms with E-state index in [2.05, 4.69) is 10.6 Å². The standard InChI is InChI=1S/C29H39N3O5/c1-18(2)36-28(35)31-25-16-19(3)32(20(4)33)26-13-12-23(17-24(25)26)22-10-8-21(9-11-22)14-15-30-27(34)37-29(5,6)7/h8-13,17-19,25H,14-16H2,1-7H3,(H,30,34)(H,31,35)/t19-,25+/m0/s1. The van der Waals surface area contributed by atoms with Gasteiger partial charge in [-0.05, 0) is 88.8 Å². The third-order valence-electron chi connectivity index (χ3n) is 6.02. The van der Waals surface area contributed by atoms with Crippen molar-refractivity contribution in [3.05, 3.63) is 53.6 Å². The van der Waals surface area contributed by atoms with Crippen LogP contribution in [0.1, 0.15) is 72.1 Å². The van der Waals surface area contributed by atoms with Crippen molar-refractivity contribution < 1.29 is 23.9 Å². The number of nitrogens with zero attached hydrogens (tertiary/aromatic N) is 1. The third-order valence-corrected chi connectivity index (χ3v) is 6.02. The van der Waals surface area contributed by atoms with Crippen molar-refractivity contribution in [2.75, 3.05) is 11.4 Å². The summed E-state index contributed by atoms with van der Waals surface area (Å²) in [5, 5.41) is 5.77. The summed E-state index contributed by atoms with van der Waals surface area (Å²) in [4.78, 5) is 38.4. The van der Waals surface area contributed by atoms with Gasteiger partial charge >= 0.3 is 12.2 Å². The maximum Gasteiger partial charge on any atom is 0.407 e. The Labute approximate surface area is 219 Å². The summed E-state index contributed by atoms with van der Waals surface area (Å²) in [6, 6.07) is 13.8. The Morgan fingerprint density at radius 2 is 1.68 bits per heavy atom. The van der Waals surface area contributed by atoms with Crippen LogP contribution in [0, 0.1) is 0 Å². The van der Waals surface area contributed by atoms with Gasteiger partial charge < -0.3 is 25.0 Å². The molecule has 0 radical (unpaired) electrons. The molecule has 2 aromatic rings. The van der Waals surface area contributed by atoms with Crippen LogP contribution >= 0.6 is 0 Å². The van der Waals surface area contributed by atoms with E-state index in [0.29, 0.717) is 19.4 Å². The van der Waals surface area contributed by atoms with Crippen molar-refractivity contribution in [3.8, 4) is 11.1 Å². The number of alkyl carbamates (subject to hydrolysis) is 2. The van der Waals surface area contributed by atoms with Crippen molar-refractivity contribution in [1.29, 1.82) is 0 Å². The van der Waals surface area contributed by atoms with Gasteiger partial charge in [-0.2, -0.15) is 0 Å². The fourth-order valence-electron chi connectivity index (χ4n) is 4.54. The van der Waals surface area contributed by atoms with E-state index in [1.807, 2.05) is 84.0 Å². The molecule has 8 heteroatoms. The predicted octanol–water partition coefficient (Wildman–Crippen LogP) is 5.74. The van der Waals surface area contributed by atoms with Gasteiger partial charge in [0, 0.05) is 25.2 Å². The maximum atomic E-state index is 12.4. The summed E-state index contributed by atoms with van der Waals surface area (Å²) in [7, 11) is 0. The van der Waals surface area contributed by atoms with Crippen molar-refractivity contribution in [3.63, 3.8) is 0 Å². The molecule has 1 aliphatic heterocycles. The van der Waals surface area contributed by atoms with Crippen LogP contribution in [0.4, 0.5) is 15.3 Å². The lowest BCUT2D eigenvalue weighted by Gasteiger charge is -2.39. The third kappa shape index (κ3) is 7.71. The number of carbonyl (C=O) groups excluding carboxylic acids is 3. The first-order chi connectivity index (χ1) is 17.3. The van der Waals surface area contributed by atoms with Gasteiger partial charge in [-0.15, -0.1) is 0 Å². The van der Waals surface area contributed by atoms with Gasteiger partial charge in [-0.1, -0.05) is 30.3 Å². The summed E-state index contributed by atoms with van der Waals surface area (Å²) in [6.45, 7) is 13.1. The molecular weight excluding hydrogens is 470 g/mol. The second-order valence-electron chi connectivity index (χ2n) is 10.8. The highest BCUT2D eigenvalue weighted by atomic mass is 16.6. The molecule has 2 aromatic carbocycles. The Balaban J connectivity index is 1.77. The highest BCUT2D eigenvalue weighted by Crippen LogP contribution is 2.39. The van der Waals surface area contributed by atoms with Gasteiger partial charge in [-0.3, -0.25) is 4.79 Å². The Hall–Kier alpha value is -3.55. The first-order valence-corrected chi connectivity index (χ1v) is 12.8. The fourth-order valence-corrected chi connectivity index (χ4v) is 4.54. The van der Waals surface area contributed by atoms with Crippen molar-refractivity contribution in [2.45, 2.75) is 85.1 Å².